The van der Waals surface area contributed by atoms with Crippen LogP contribution < -0.4 is 16.4 Å². The molecule has 1 unspecified atom stereocenters. The molecule has 0 spiro atoms. The minimum absolute atomic E-state index is 0.00754. The minimum Gasteiger partial charge on any atom is -0.383 e. The number of pyridine rings is 1. The number of nitrogens with one attached hydrogen (secondary N) is 3. The average molecular weight is 571 g/mol. The van der Waals surface area contributed by atoms with Gasteiger partial charge in [0, 0.05) is 37.6 Å². The van der Waals surface area contributed by atoms with Gasteiger partial charge in [0.15, 0.2) is 11.6 Å². The number of allylic oxidation sites excluding steroid dienone is 1. The fourth-order valence-corrected chi connectivity index (χ4v) is 3.73. The zero-order valence-electron chi connectivity index (χ0n) is 23.8. The van der Waals surface area contributed by atoms with Gasteiger partial charge in [0.2, 0.25) is 0 Å². The summed E-state index contributed by atoms with van der Waals surface area (Å²) in [6.45, 7) is 7.26. The second-order valence-electron chi connectivity index (χ2n) is 9.69. The molecule has 0 aliphatic rings. The molecule has 216 valence electrons. The first-order chi connectivity index (χ1) is 19.9. The molecular weight excluding hydrogens is 538 g/mol. The van der Waals surface area contributed by atoms with Crippen LogP contribution in [-0.2, 0) is 11.3 Å². The van der Waals surface area contributed by atoms with E-state index < -0.39 is 23.6 Å². The van der Waals surface area contributed by atoms with Gasteiger partial charge in [-0.3, -0.25) is 15.2 Å². The summed E-state index contributed by atoms with van der Waals surface area (Å²) < 4.78 is 27.0. The molecule has 0 bridgehead atoms. The van der Waals surface area contributed by atoms with E-state index in [4.69, 9.17) is 16.4 Å². The van der Waals surface area contributed by atoms with E-state index >= 15 is 0 Å². The molecule has 1 amide bonds. The van der Waals surface area contributed by atoms with E-state index in [-0.39, 0.29) is 29.6 Å². The molecule has 0 saturated heterocycles. The molecule has 9 nitrogen and oxygen atoms in total. The number of carbonyl (C=O) groups excluding carboxylic acids is 1. The van der Waals surface area contributed by atoms with Crippen molar-refractivity contribution in [2.45, 2.75) is 26.4 Å². The Kier molecular flexibility index (Phi) is 10.2. The molecule has 1 heterocycles. The Labute approximate surface area is 243 Å². The molecule has 1 atom stereocenters. The van der Waals surface area contributed by atoms with E-state index in [1.807, 2.05) is 36.4 Å². The fourth-order valence-electron chi connectivity index (χ4n) is 3.73. The number of benzene rings is 2. The second-order valence-corrected chi connectivity index (χ2v) is 9.69. The number of nitrogens with two attached hydrogens (primary N) is 1. The third-order valence-electron chi connectivity index (χ3n) is 6.28. The number of anilines is 1. The van der Waals surface area contributed by atoms with Crippen LogP contribution in [0, 0.1) is 28.4 Å². The summed E-state index contributed by atoms with van der Waals surface area (Å²) in [6, 6.07) is 14.1. The van der Waals surface area contributed by atoms with E-state index in [0.29, 0.717) is 16.7 Å². The first-order valence-electron chi connectivity index (χ1n) is 12.8. The molecule has 11 heteroatoms. The molecule has 0 aliphatic carbocycles. The first-order valence-corrected chi connectivity index (χ1v) is 12.8. The minimum atomic E-state index is -1.01. The number of hydrogen-bond donors (Lipinski definition) is 4. The Morgan fingerprint density at radius 2 is 1.88 bits per heavy atom. The molecule has 0 aliphatic heterocycles. The molecular formula is C31H32F2N8O. The number of nitriles is 1. The zero-order chi connectivity index (χ0) is 31.0. The van der Waals surface area contributed by atoms with Crippen LogP contribution in [0.5, 0.6) is 0 Å². The fraction of sp³-hybridized carbons (Fsp3) is 0.194. The Bertz CT molecular complexity index is 1600. The van der Waals surface area contributed by atoms with Gasteiger partial charge in [-0.1, -0.05) is 36.9 Å². The SMILES string of the molecule is C=C(C(=O)NC(C)c1ccc(F)c(F)c1)C(=NCc1ccc(-c2cnc(N)c(C(=N)N(C)C)c2)cc1)N/C=C(\C)C#N. The van der Waals surface area contributed by atoms with E-state index in [1.54, 1.807) is 39.0 Å². The number of rotatable bonds is 9. The van der Waals surface area contributed by atoms with E-state index in [2.05, 4.69) is 27.2 Å². The van der Waals surface area contributed by atoms with Crippen molar-refractivity contribution < 1.29 is 13.6 Å². The molecule has 0 radical (unpaired) electrons. The van der Waals surface area contributed by atoms with Crippen molar-refractivity contribution in [3.05, 3.63) is 107 Å². The number of amidine groups is 2. The monoisotopic (exact) mass is 570 g/mol. The zero-order valence-corrected chi connectivity index (χ0v) is 23.8. The number of aliphatic imine (C=N–C) groups is 1. The largest absolute Gasteiger partial charge is 0.383 e. The molecule has 2 aromatic carbocycles. The standard InChI is InChI=1S/C31H32F2N8O/c1-18(14-34)15-38-30(19(2)31(42)40-20(3)23-10-11-26(32)27(33)13-23)39-16-21-6-8-22(9-7-21)24-12-25(28(35)37-17-24)29(36)41(4)5/h6-13,15,17,20,36H,2,16H2,1,3-5H3,(H2,35,37)(H,38,39)(H,40,42)/b18-15+,36-29?. The van der Waals surface area contributed by atoms with Crippen LogP contribution >= 0.6 is 0 Å². The summed E-state index contributed by atoms with van der Waals surface area (Å²) in [6.07, 6.45) is 3.06. The van der Waals surface area contributed by atoms with E-state index in [9.17, 15) is 13.6 Å². The van der Waals surface area contributed by atoms with Gasteiger partial charge < -0.3 is 21.3 Å². The second kappa shape index (κ2) is 13.8. The summed E-state index contributed by atoms with van der Waals surface area (Å²) in [5, 5.41) is 22.9. The maximum absolute atomic E-state index is 13.7. The van der Waals surface area contributed by atoms with Crippen molar-refractivity contribution in [2.75, 3.05) is 19.8 Å². The van der Waals surface area contributed by atoms with Gasteiger partial charge in [0.1, 0.15) is 17.5 Å². The molecule has 0 saturated carbocycles. The summed E-state index contributed by atoms with van der Waals surface area (Å²) in [4.78, 5) is 23.4. The lowest BCUT2D eigenvalue weighted by Gasteiger charge is -2.17. The summed E-state index contributed by atoms with van der Waals surface area (Å²) in [5.41, 5.74) is 9.71. The van der Waals surface area contributed by atoms with Crippen molar-refractivity contribution in [1.82, 2.24) is 20.5 Å². The summed E-state index contributed by atoms with van der Waals surface area (Å²) in [5.74, 6) is -1.91. The topological polar surface area (TPSA) is 143 Å². The lowest BCUT2D eigenvalue weighted by molar-refractivity contribution is -0.117. The summed E-state index contributed by atoms with van der Waals surface area (Å²) in [7, 11) is 3.52. The number of halogens is 2. The van der Waals surface area contributed by atoms with Crippen LogP contribution in [0.2, 0.25) is 0 Å². The number of aromatic nitrogens is 1. The Morgan fingerprint density at radius 1 is 1.19 bits per heavy atom. The van der Waals surface area contributed by atoms with Gasteiger partial charge in [-0.2, -0.15) is 5.26 Å². The predicted molar refractivity (Wildman–Crippen MR) is 160 cm³/mol. The normalized spacial score (nSPS) is 12.2. The highest BCUT2D eigenvalue weighted by Gasteiger charge is 2.18. The van der Waals surface area contributed by atoms with Crippen LogP contribution in [0.3, 0.4) is 0 Å². The molecule has 0 fully saturated rings. The molecule has 3 aromatic rings. The van der Waals surface area contributed by atoms with Gasteiger partial charge >= 0.3 is 0 Å². The van der Waals surface area contributed by atoms with Gasteiger partial charge in [0.25, 0.3) is 5.91 Å². The highest BCUT2D eigenvalue weighted by Crippen LogP contribution is 2.23. The van der Waals surface area contributed by atoms with Gasteiger partial charge in [-0.05, 0) is 48.7 Å². The highest BCUT2D eigenvalue weighted by atomic mass is 19.2. The third kappa shape index (κ3) is 7.85. The van der Waals surface area contributed by atoms with Gasteiger partial charge in [-0.15, -0.1) is 0 Å². The lowest BCUT2D eigenvalue weighted by Crippen LogP contribution is -2.34. The molecule has 1 aromatic heterocycles. The highest BCUT2D eigenvalue weighted by molar-refractivity contribution is 6.20. The van der Waals surface area contributed by atoms with Crippen molar-refractivity contribution >= 4 is 23.4 Å². The maximum Gasteiger partial charge on any atom is 0.254 e. The quantitative estimate of drug-likeness (QED) is 0.125. The average Bonchev–Trinajstić information content (AvgIpc) is 2.98. The number of nitrogen functional groups attached to an aromatic ring is 1. The van der Waals surface area contributed by atoms with Crippen LogP contribution in [0.25, 0.3) is 11.1 Å². The van der Waals surface area contributed by atoms with E-state index in [1.165, 1.54) is 12.3 Å². The first kappa shape index (κ1) is 31.2. The van der Waals surface area contributed by atoms with Crippen molar-refractivity contribution in [3.63, 3.8) is 0 Å². The van der Waals surface area contributed by atoms with Crippen LogP contribution in [-0.4, -0.2) is 41.6 Å². The number of hydrogen-bond acceptors (Lipinski definition) is 6. The number of amides is 1. The van der Waals surface area contributed by atoms with Crippen molar-refractivity contribution in [3.8, 4) is 17.2 Å². The smallest absolute Gasteiger partial charge is 0.254 e. The van der Waals surface area contributed by atoms with Crippen molar-refractivity contribution in [1.29, 1.82) is 10.7 Å². The van der Waals surface area contributed by atoms with Gasteiger partial charge in [-0.25, -0.2) is 13.8 Å². The van der Waals surface area contributed by atoms with Crippen LogP contribution in [0.1, 0.15) is 36.6 Å². The van der Waals surface area contributed by atoms with Crippen LogP contribution in [0.4, 0.5) is 14.6 Å². The Hall–Kier alpha value is -5.37. The number of carbonyl (C=O) groups is 1. The summed E-state index contributed by atoms with van der Waals surface area (Å²) >= 11 is 0. The Balaban J connectivity index is 1.79. The Morgan fingerprint density at radius 3 is 2.50 bits per heavy atom. The third-order valence-corrected chi connectivity index (χ3v) is 6.28. The predicted octanol–water partition coefficient (Wildman–Crippen LogP) is 4.85. The van der Waals surface area contributed by atoms with E-state index in [0.717, 1.165) is 28.8 Å². The molecule has 5 N–H and O–H groups in total. The lowest BCUT2D eigenvalue weighted by atomic mass is 10.0. The molecule has 3 rings (SSSR count). The van der Waals surface area contributed by atoms with Gasteiger partial charge in [0.05, 0.1) is 29.8 Å². The van der Waals surface area contributed by atoms with Crippen molar-refractivity contribution in [2.24, 2.45) is 4.99 Å². The molecule has 42 heavy (non-hydrogen) atoms. The maximum atomic E-state index is 13.7. The number of nitrogens with zero attached hydrogens (tertiary/aromatic N) is 4. The van der Waals surface area contributed by atoms with Crippen LogP contribution in [0.15, 0.2) is 83.6 Å².